The van der Waals surface area contributed by atoms with Gasteiger partial charge in [0.1, 0.15) is 22.5 Å². The van der Waals surface area contributed by atoms with Crippen LogP contribution in [-0.2, 0) is 26.1 Å². The Morgan fingerprint density at radius 1 is 1.10 bits per heavy atom. The molecule has 1 aromatic carbocycles. The molecule has 2 atom stereocenters. The highest BCUT2D eigenvalue weighted by atomic mass is 32.2. The first-order chi connectivity index (χ1) is 19.7. The zero-order valence-electron chi connectivity index (χ0n) is 22.9. The number of amides is 1. The molecule has 4 aliphatic rings. The predicted molar refractivity (Wildman–Crippen MR) is 147 cm³/mol. The summed E-state index contributed by atoms with van der Waals surface area (Å²) in [5.74, 6) is -0.517. The van der Waals surface area contributed by atoms with Crippen molar-refractivity contribution >= 4 is 21.6 Å². The van der Waals surface area contributed by atoms with Crippen LogP contribution in [0, 0.1) is 5.82 Å². The number of anilines is 1. The number of pyridine rings is 1. The van der Waals surface area contributed by atoms with Gasteiger partial charge in [-0.25, -0.2) is 12.8 Å². The molecule has 3 fully saturated rings. The Morgan fingerprint density at radius 2 is 1.88 bits per heavy atom. The number of rotatable bonds is 3. The van der Waals surface area contributed by atoms with Crippen LogP contribution in [0.4, 0.5) is 10.1 Å². The number of likely N-dealkylation sites (tertiary alicyclic amines) is 1. The average molecular weight is 590 g/mol. The maximum atomic E-state index is 14.2. The lowest BCUT2D eigenvalue weighted by Gasteiger charge is -2.43. The molecule has 1 spiro atoms. The maximum absolute atomic E-state index is 14.2. The summed E-state index contributed by atoms with van der Waals surface area (Å²) in [5, 5.41) is 13.6. The number of morpholine rings is 1. The van der Waals surface area contributed by atoms with Crippen LogP contribution in [0.15, 0.2) is 41.6 Å². The van der Waals surface area contributed by atoms with E-state index in [0.29, 0.717) is 70.8 Å². The van der Waals surface area contributed by atoms with Crippen LogP contribution in [0.25, 0.3) is 0 Å². The van der Waals surface area contributed by atoms with Gasteiger partial charge in [0.25, 0.3) is 0 Å². The third kappa shape index (κ3) is 5.78. The quantitative estimate of drug-likeness (QED) is 0.542. The number of nitrogens with zero attached hydrogens (tertiary/aromatic N) is 4. The van der Waals surface area contributed by atoms with Gasteiger partial charge in [0.05, 0.1) is 32.1 Å². The molecule has 0 bridgehead atoms. The first-order valence-corrected chi connectivity index (χ1v) is 15.6. The van der Waals surface area contributed by atoms with E-state index in [-0.39, 0.29) is 36.0 Å². The topological polar surface area (TPSA) is 125 Å². The van der Waals surface area contributed by atoms with Crippen molar-refractivity contribution in [2.24, 2.45) is 0 Å². The van der Waals surface area contributed by atoms with E-state index in [0.717, 1.165) is 9.99 Å². The molecule has 0 unspecified atom stereocenters. The first-order valence-electron chi connectivity index (χ1n) is 14.2. The fourth-order valence-electron chi connectivity index (χ4n) is 6.31. The van der Waals surface area contributed by atoms with Crippen LogP contribution in [0.5, 0.6) is 5.75 Å². The molecule has 4 aliphatic heterocycles. The highest BCUT2D eigenvalue weighted by Crippen LogP contribution is 2.37. The average Bonchev–Trinajstić information content (AvgIpc) is 3.38. The molecular weight excluding hydrogens is 553 g/mol. The van der Waals surface area contributed by atoms with Gasteiger partial charge in [-0.2, -0.15) is 4.31 Å². The molecule has 0 aliphatic carbocycles. The number of aliphatic hydroxyl groups excluding tert-OH is 1. The number of aliphatic hydroxyl groups is 1. The number of hydrogen-bond donors (Lipinski definition) is 2. The lowest BCUT2D eigenvalue weighted by atomic mass is 9.84. The third-order valence-corrected chi connectivity index (χ3v) is 10.6. The Morgan fingerprint density at radius 3 is 2.63 bits per heavy atom. The first kappa shape index (κ1) is 28.3. The molecule has 3 saturated heterocycles. The number of ether oxygens (including phenoxy) is 2. The van der Waals surface area contributed by atoms with Crippen LogP contribution in [-0.4, -0.2) is 104 Å². The van der Waals surface area contributed by atoms with Gasteiger partial charge in [-0.15, -0.1) is 0 Å². The van der Waals surface area contributed by atoms with Crippen molar-refractivity contribution in [2.45, 2.75) is 54.8 Å². The van der Waals surface area contributed by atoms with Gasteiger partial charge >= 0.3 is 0 Å². The number of nitrogens with one attached hydrogen (secondary N) is 1. The number of benzene rings is 1. The van der Waals surface area contributed by atoms with E-state index < -0.39 is 33.6 Å². The zero-order valence-corrected chi connectivity index (χ0v) is 23.7. The van der Waals surface area contributed by atoms with Crippen LogP contribution >= 0.6 is 0 Å². The van der Waals surface area contributed by atoms with E-state index in [1.807, 2.05) is 0 Å². The Balaban J connectivity index is 1.28. The van der Waals surface area contributed by atoms with E-state index in [4.69, 9.17) is 9.47 Å². The summed E-state index contributed by atoms with van der Waals surface area (Å²) in [6.45, 7) is 4.28. The molecule has 0 saturated carbocycles. The van der Waals surface area contributed by atoms with Gasteiger partial charge < -0.3 is 24.8 Å². The third-order valence-electron chi connectivity index (χ3n) is 8.72. The Bertz CT molecular complexity index is 1380. The highest BCUT2D eigenvalue weighted by molar-refractivity contribution is 7.89. The molecule has 1 amide bonds. The van der Waals surface area contributed by atoms with Crippen molar-refractivity contribution in [3.05, 3.63) is 48.0 Å². The number of halogens is 1. The number of fused-ring (bicyclic) bond motifs is 2. The van der Waals surface area contributed by atoms with E-state index in [1.165, 1.54) is 6.20 Å². The zero-order chi connectivity index (χ0) is 28.6. The molecule has 2 aromatic rings. The van der Waals surface area contributed by atoms with Crippen LogP contribution in [0.1, 0.15) is 31.2 Å². The Labute approximate surface area is 239 Å². The minimum Gasteiger partial charge on any atom is -0.492 e. The van der Waals surface area contributed by atoms with E-state index in [2.05, 4.69) is 20.1 Å². The number of hydrogen-bond acceptors (Lipinski definition) is 9. The van der Waals surface area contributed by atoms with E-state index in [9.17, 15) is 22.7 Å². The molecular formula is C28H36FN5O6S. The molecule has 0 radical (unpaired) electrons. The number of piperidine rings is 1. The van der Waals surface area contributed by atoms with Crippen molar-refractivity contribution in [2.75, 3.05) is 57.4 Å². The molecule has 11 nitrogen and oxygen atoms in total. The second kappa shape index (κ2) is 11.4. The SMILES string of the molecule is O=C1NC2(CCOc3cc(N4CCOCC4)ccc3S(=O)(=O)N3C[C@H](O)C[C@@H]13)CCN(Cc1ccncc1F)CC2. The fourth-order valence-corrected chi connectivity index (χ4v) is 8.06. The molecule has 2 N–H and O–H groups in total. The monoisotopic (exact) mass is 589 g/mol. The molecule has 5 heterocycles. The molecule has 6 rings (SSSR count). The summed E-state index contributed by atoms with van der Waals surface area (Å²) in [4.78, 5) is 21.7. The summed E-state index contributed by atoms with van der Waals surface area (Å²) in [6.07, 6.45) is 3.52. The van der Waals surface area contributed by atoms with E-state index >= 15 is 0 Å². The second-order valence-corrected chi connectivity index (χ2v) is 13.2. The molecule has 13 heteroatoms. The van der Waals surface area contributed by atoms with Crippen molar-refractivity contribution in [3.63, 3.8) is 0 Å². The largest absolute Gasteiger partial charge is 0.492 e. The lowest BCUT2D eigenvalue weighted by molar-refractivity contribution is -0.127. The molecule has 222 valence electrons. The number of sulfonamides is 1. The predicted octanol–water partition coefficient (Wildman–Crippen LogP) is 1.11. The minimum absolute atomic E-state index is 0.00782. The normalized spacial score (nSPS) is 26.9. The summed E-state index contributed by atoms with van der Waals surface area (Å²) >= 11 is 0. The minimum atomic E-state index is -4.14. The summed E-state index contributed by atoms with van der Waals surface area (Å²) < 4.78 is 54.8. The van der Waals surface area contributed by atoms with Crippen molar-refractivity contribution in [3.8, 4) is 5.75 Å². The van der Waals surface area contributed by atoms with Crippen LogP contribution < -0.4 is 15.0 Å². The van der Waals surface area contributed by atoms with Gasteiger partial charge in [0.15, 0.2) is 0 Å². The van der Waals surface area contributed by atoms with Gasteiger partial charge in [-0.3, -0.25) is 14.7 Å². The van der Waals surface area contributed by atoms with Crippen molar-refractivity contribution in [1.29, 1.82) is 0 Å². The number of carbonyl (C=O) groups excluding carboxylic acids is 1. The summed E-state index contributed by atoms with van der Waals surface area (Å²) in [7, 11) is -4.14. The number of aromatic nitrogens is 1. The second-order valence-electron chi connectivity index (χ2n) is 11.3. The molecule has 41 heavy (non-hydrogen) atoms. The number of carbonyl (C=O) groups is 1. The Hall–Kier alpha value is -2.84. The van der Waals surface area contributed by atoms with Gasteiger partial charge in [-0.1, -0.05) is 0 Å². The van der Waals surface area contributed by atoms with E-state index in [1.54, 1.807) is 30.5 Å². The van der Waals surface area contributed by atoms with Crippen LogP contribution in [0.3, 0.4) is 0 Å². The standard InChI is InChI=1S/C28H36FN5O6S/c29-23-17-30-7-3-20(23)18-32-8-4-28(5-9-32)6-12-40-25-15-21(33-10-13-39-14-11-33)1-2-26(25)41(37,38)34-19-22(35)16-24(34)27(36)31-28/h1-3,7,15,17,22,24,35H,4-6,8-14,16,18-19H2,(H,31,36)/t22-,24+/m1/s1. The smallest absolute Gasteiger partial charge is 0.247 e. The molecule has 1 aromatic heterocycles. The fraction of sp³-hybridized carbons (Fsp3) is 0.571. The lowest BCUT2D eigenvalue weighted by Crippen LogP contribution is -2.59. The summed E-state index contributed by atoms with van der Waals surface area (Å²) in [5.41, 5.74) is 0.787. The highest BCUT2D eigenvalue weighted by Gasteiger charge is 2.47. The van der Waals surface area contributed by atoms with Gasteiger partial charge in [0.2, 0.25) is 15.9 Å². The van der Waals surface area contributed by atoms with Gasteiger partial charge in [0, 0.05) is 81.2 Å². The maximum Gasteiger partial charge on any atom is 0.247 e. The van der Waals surface area contributed by atoms with Crippen molar-refractivity contribution < 1.29 is 32.2 Å². The van der Waals surface area contributed by atoms with Crippen molar-refractivity contribution in [1.82, 2.24) is 19.5 Å². The Kier molecular flexibility index (Phi) is 7.90. The van der Waals surface area contributed by atoms with Crippen LogP contribution in [0.2, 0.25) is 0 Å². The van der Waals surface area contributed by atoms with Gasteiger partial charge in [-0.05, 0) is 31.0 Å². The summed E-state index contributed by atoms with van der Waals surface area (Å²) in [6, 6.07) is 5.70.